The fourth-order valence-electron chi connectivity index (χ4n) is 1.56. The molecule has 0 spiro atoms. The van der Waals surface area contributed by atoms with Crippen LogP contribution in [0.15, 0.2) is 35.1 Å². The third kappa shape index (κ3) is 3.35. The van der Waals surface area contributed by atoms with Crippen LogP contribution in [0.3, 0.4) is 0 Å². The summed E-state index contributed by atoms with van der Waals surface area (Å²) < 4.78 is 4.64. The summed E-state index contributed by atoms with van der Waals surface area (Å²) in [5.74, 6) is -1.05. The van der Waals surface area contributed by atoms with Gasteiger partial charge in [0.15, 0.2) is 0 Å². The number of aromatic nitrogens is 1. The van der Waals surface area contributed by atoms with Gasteiger partial charge in [-0.25, -0.2) is 9.59 Å². The van der Waals surface area contributed by atoms with E-state index in [9.17, 15) is 9.59 Å². The lowest BCUT2D eigenvalue weighted by atomic mass is 10.1. The Morgan fingerprint density at radius 3 is 2.80 bits per heavy atom. The summed E-state index contributed by atoms with van der Waals surface area (Å²) in [4.78, 5) is 22.6. The fraction of sp³-hybridized carbons (Fsp3) is 0.154. The molecule has 7 heteroatoms. The van der Waals surface area contributed by atoms with Gasteiger partial charge in [0.05, 0.1) is 12.1 Å². The van der Waals surface area contributed by atoms with Crippen molar-refractivity contribution in [2.75, 3.05) is 5.32 Å². The first kappa shape index (κ1) is 13.6. The number of benzene rings is 1. The van der Waals surface area contributed by atoms with Gasteiger partial charge in [-0.15, -0.1) is 0 Å². The number of carboxylic acids is 1. The number of hydrogen-bond donors (Lipinski definition) is 3. The molecule has 0 aliphatic carbocycles. The second-order valence-corrected chi connectivity index (χ2v) is 4.13. The number of urea groups is 1. The van der Waals surface area contributed by atoms with Gasteiger partial charge in [-0.05, 0) is 24.6 Å². The topological polar surface area (TPSA) is 104 Å². The zero-order chi connectivity index (χ0) is 14.5. The highest BCUT2D eigenvalue weighted by Gasteiger charge is 2.09. The molecule has 0 atom stereocenters. The lowest BCUT2D eigenvalue weighted by Gasteiger charge is -2.10. The first-order valence-electron chi connectivity index (χ1n) is 5.84. The predicted molar refractivity (Wildman–Crippen MR) is 70.5 cm³/mol. The third-order valence-corrected chi connectivity index (χ3v) is 2.65. The molecule has 0 radical (unpaired) electrons. The molecular weight excluding hydrogens is 262 g/mol. The van der Waals surface area contributed by atoms with Crippen molar-refractivity contribution in [3.63, 3.8) is 0 Å². The van der Waals surface area contributed by atoms with E-state index in [0.29, 0.717) is 11.4 Å². The van der Waals surface area contributed by atoms with E-state index in [1.165, 1.54) is 18.4 Å². The highest BCUT2D eigenvalue weighted by Crippen LogP contribution is 2.16. The number of carbonyl (C=O) groups excluding carboxylic acids is 1. The Bertz CT molecular complexity index is 623. The van der Waals surface area contributed by atoms with Crippen molar-refractivity contribution < 1.29 is 19.2 Å². The summed E-state index contributed by atoms with van der Waals surface area (Å²) in [5, 5.41) is 17.8. The summed E-state index contributed by atoms with van der Waals surface area (Å²) in [6.45, 7) is 2.00. The van der Waals surface area contributed by atoms with Gasteiger partial charge in [-0.1, -0.05) is 11.2 Å². The molecule has 7 nitrogen and oxygen atoms in total. The molecule has 2 rings (SSSR count). The standard InChI is InChI=1S/C13H13N3O4/c1-8-2-3-9(12(17)18)6-11(8)15-13(19)14-7-10-4-5-20-16-10/h2-6H,7H2,1H3,(H,17,18)(H2,14,15,19). The van der Waals surface area contributed by atoms with Gasteiger partial charge in [0.1, 0.15) is 12.0 Å². The van der Waals surface area contributed by atoms with Gasteiger partial charge in [0.25, 0.3) is 0 Å². The van der Waals surface area contributed by atoms with Crippen molar-refractivity contribution in [2.45, 2.75) is 13.5 Å². The average Bonchev–Trinajstić information content (AvgIpc) is 2.92. The number of anilines is 1. The zero-order valence-corrected chi connectivity index (χ0v) is 10.7. The maximum absolute atomic E-state index is 11.7. The zero-order valence-electron chi connectivity index (χ0n) is 10.7. The molecule has 0 bridgehead atoms. The Hall–Kier alpha value is -2.83. The second kappa shape index (κ2) is 5.87. The van der Waals surface area contributed by atoms with Crippen molar-refractivity contribution in [2.24, 2.45) is 0 Å². The van der Waals surface area contributed by atoms with E-state index in [0.717, 1.165) is 5.56 Å². The Balaban J connectivity index is 2.00. The molecule has 0 unspecified atom stereocenters. The molecule has 1 heterocycles. The summed E-state index contributed by atoms with van der Waals surface area (Å²) in [6.07, 6.45) is 1.41. The Labute approximate surface area is 114 Å². The van der Waals surface area contributed by atoms with E-state index >= 15 is 0 Å². The van der Waals surface area contributed by atoms with Crippen molar-refractivity contribution >= 4 is 17.7 Å². The first-order chi connectivity index (χ1) is 9.56. The highest BCUT2D eigenvalue weighted by atomic mass is 16.5. The number of carboxylic acid groups (broad SMARTS) is 1. The van der Waals surface area contributed by atoms with Crippen LogP contribution >= 0.6 is 0 Å². The van der Waals surface area contributed by atoms with Crippen LogP contribution in [0, 0.1) is 6.92 Å². The molecule has 3 N–H and O–H groups in total. The fourth-order valence-corrected chi connectivity index (χ4v) is 1.56. The van der Waals surface area contributed by atoms with Crippen LogP contribution in [0.1, 0.15) is 21.6 Å². The maximum Gasteiger partial charge on any atom is 0.335 e. The molecule has 0 saturated carbocycles. The monoisotopic (exact) mass is 275 g/mol. The molecular formula is C13H13N3O4. The van der Waals surface area contributed by atoms with E-state index in [1.54, 1.807) is 19.1 Å². The molecule has 20 heavy (non-hydrogen) atoms. The molecule has 1 aromatic carbocycles. The highest BCUT2D eigenvalue weighted by molar-refractivity contribution is 5.93. The number of carbonyl (C=O) groups is 2. The third-order valence-electron chi connectivity index (χ3n) is 2.65. The summed E-state index contributed by atoms with van der Waals surface area (Å²) in [5.41, 5.74) is 1.92. The summed E-state index contributed by atoms with van der Waals surface area (Å²) in [6, 6.07) is 5.72. The van der Waals surface area contributed by atoms with Gasteiger partial charge in [0, 0.05) is 11.8 Å². The number of rotatable bonds is 4. The summed E-state index contributed by atoms with van der Waals surface area (Å²) >= 11 is 0. The normalized spacial score (nSPS) is 10.1. The molecule has 0 aliphatic rings. The molecule has 1 aromatic heterocycles. The Morgan fingerprint density at radius 2 is 2.15 bits per heavy atom. The van der Waals surface area contributed by atoms with Gasteiger partial charge in [0.2, 0.25) is 0 Å². The van der Waals surface area contributed by atoms with E-state index < -0.39 is 12.0 Å². The maximum atomic E-state index is 11.7. The molecule has 2 aromatic rings. The SMILES string of the molecule is Cc1ccc(C(=O)O)cc1NC(=O)NCc1ccon1. The molecule has 0 fully saturated rings. The molecule has 0 saturated heterocycles. The van der Waals surface area contributed by atoms with Crippen LogP contribution in [0.5, 0.6) is 0 Å². The number of nitrogens with one attached hydrogen (secondary N) is 2. The number of aryl methyl sites for hydroxylation is 1. The lowest BCUT2D eigenvalue weighted by molar-refractivity contribution is 0.0697. The van der Waals surface area contributed by atoms with E-state index in [2.05, 4.69) is 20.3 Å². The number of amides is 2. The quantitative estimate of drug-likeness (QED) is 0.791. The number of nitrogens with zero attached hydrogens (tertiary/aromatic N) is 1. The second-order valence-electron chi connectivity index (χ2n) is 4.13. The van der Waals surface area contributed by atoms with E-state index in [-0.39, 0.29) is 12.1 Å². The van der Waals surface area contributed by atoms with Crippen LogP contribution in [0.4, 0.5) is 10.5 Å². The van der Waals surface area contributed by atoms with Gasteiger partial charge < -0.3 is 20.3 Å². The number of aromatic carboxylic acids is 1. The Kier molecular flexibility index (Phi) is 3.99. The van der Waals surface area contributed by atoms with Crippen LogP contribution in [-0.2, 0) is 6.54 Å². The minimum Gasteiger partial charge on any atom is -0.478 e. The van der Waals surface area contributed by atoms with Crippen LogP contribution in [0.2, 0.25) is 0 Å². The van der Waals surface area contributed by atoms with Crippen molar-refractivity contribution in [1.82, 2.24) is 10.5 Å². The minimum atomic E-state index is -1.05. The van der Waals surface area contributed by atoms with E-state index in [1.807, 2.05) is 0 Å². The van der Waals surface area contributed by atoms with Crippen LogP contribution in [0.25, 0.3) is 0 Å². The van der Waals surface area contributed by atoms with Gasteiger partial charge in [-0.3, -0.25) is 0 Å². The summed E-state index contributed by atoms with van der Waals surface area (Å²) in [7, 11) is 0. The average molecular weight is 275 g/mol. The van der Waals surface area contributed by atoms with Gasteiger partial charge in [-0.2, -0.15) is 0 Å². The Morgan fingerprint density at radius 1 is 1.35 bits per heavy atom. The van der Waals surface area contributed by atoms with Crippen molar-refractivity contribution in [1.29, 1.82) is 0 Å². The predicted octanol–water partition coefficient (Wildman–Crippen LogP) is 2.00. The van der Waals surface area contributed by atoms with Crippen molar-refractivity contribution in [3.8, 4) is 0 Å². The first-order valence-corrected chi connectivity index (χ1v) is 5.84. The molecule has 2 amide bonds. The van der Waals surface area contributed by atoms with E-state index in [4.69, 9.17) is 5.11 Å². The largest absolute Gasteiger partial charge is 0.478 e. The lowest BCUT2D eigenvalue weighted by Crippen LogP contribution is -2.28. The molecule has 104 valence electrons. The van der Waals surface area contributed by atoms with Crippen LogP contribution in [-0.4, -0.2) is 22.3 Å². The molecule has 0 aliphatic heterocycles. The minimum absolute atomic E-state index is 0.113. The smallest absolute Gasteiger partial charge is 0.335 e. The number of hydrogen-bond acceptors (Lipinski definition) is 4. The van der Waals surface area contributed by atoms with Crippen molar-refractivity contribution in [3.05, 3.63) is 47.3 Å². The van der Waals surface area contributed by atoms with Crippen LogP contribution < -0.4 is 10.6 Å². The van der Waals surface area contributed by atoms with Gasteiger partial charge >= 0.3 is 12.0 Å².